The van der Waals surface area contributed by atoms with Crippen LogP contribution in [0.25, 0.3) is 0 Å². The lowest BCUT2D eigenvalue weighted by Gasteiger charge is -2.23. The highest BCUT2D eigenvalue weighted by molar-refractivity contribution is 7.86. The third-order valence-electron chi connectivity index (χ3n) is 3.14. The molecule has 0 fully saturated rings. The molecule has 0 saturated carbocycles. The number of hydrogen-bond donors (Lipinski definition) is 0. The molecule has 156 valence electrons. The Kier molecular flexibility index (Phi) is 10.4. The molecule has 0 aliphatic carbocycles. The summed E-state index contributed by atoms with van der Waals surface area (Å²) in [6, 6.07) is 9.34. The van der Waals surface area contributed by atoms with Crippen LogP contribution in [0.5, 0.6) is 0 Å². The van der Waals surface area contributed by atoms with Gasteiger partial charge in [-0.25, -0.2) is 0 Å². The van der Waals surface area contributed by atoms with Gasteiger partial charge in [0.1, 0.15) is 12.9 Å². The SMILES string of the molecule is COCO[C@H](COS(C)(=O)=O)C[C@@H](COCc1ccccc1)OS(C)(=O)=O. The van der Waals surface area contributed by atoms with E-state index in [4.69, 9.17) is 22.6 Å². The van der Waals surface area contributed by atoms with Crippen LogP contribution in [-0.4, -0.2) is 68.7 Å². The van der Waals surface area contributed by atoms with E-state index in [-0.39, 0.29) is 33.0 Å². The number of rotatable bonds is 14. The van der Waals surface area contributed by atoms with Gasteiger partial charge in [0.25, 0.3) is 20.2 Å². The van der Waals surface area contributed by atoms with Crippen LogP contribution in [0.3, 0.4) is 0 Å². The van der Waals surface area contributed by atoms with Crippen molar-refractivity contribution in [1.29, 1.82) is 0 Å². The predicted octanol–water partition coefficient (Wildman–Crippen LogP) is 0.903. The Morgan fingerprint density at radius 1 is 0.926 bits per heavy atom. The molecule has 0 aromatic heterocycles. The second-order valence-corrected chi connectivity index (χ2v) is 9.09. The Morgan fingerprint density at radius 3 is 2.15 bits per heavy atom. The molecule has 0 aliphatic rings. The minimum Gasteiger partial charge on any atom is -0.374 e. The van der Waals surface area contributed by atoms with Crippen molar-refractivity contribution in [3.05, 3.63) is 35.9 Å². The molecule has 0 unspecified atom stereocenters. The van der Waals surface area contributed by atoms with Gasteiger partial charge in [-0.05, 0) is 5.56 Å². The number of hydrogen-bond acceptors (Lipinski definition) is 9. The van der Waals surface area contributed by atoms with Crippen molar-refractivity contribution in [2.45, 2.75) is 25.2 Å². The highest BCUT2D eigenvalue weighted by Gasteiger charge is 2.23. The first-order valence-corrected chi connectivity index (χ1v) is 11.7. The molecule has 0 heterocycles. The van der Waals surface area contributed by atoms with Gasteiger partial charge < -0.3 is 14.2 Å². The van der Waals surface area contributed by atoms with Gasteiger partial charge in [0, 0.05) is 13.5 Å². The van der Waals surface area contributed by atoms with Gasteiger partial charge in [-0.3, -0.25) is 8.37 Å². The molecular formula is C16H26O9S2. The topological polar surface area (TPSA) is 114 Å². The van der Waals surface area contributed by atoms with Gasteiger partial charge in [0.2, 0.25) is 0 Å². The molecule has 0 aliphatic heterocycles. The maximum Gasteiger partial charge on any atom is 0.264 e. The lowest BCUT2D eigenvalue weighted by molar-refractivity contribution is -0.0983. The van der Waals surface area contributed by atoms with E-state index < -0.39 is 32.4 Å². The minimum absolute atomic E-state index is 0.0285. The summed E-state index contributed by atoms with van der Waals surface area (Å²) >= 11 is 0. The summed E-state index contributed by atoms with van der Waals surface area (Å²) in [4.78, 5) is 0. The molecule has 0 N–H and O–H groups in total. The van der Waals surface area contributed by atoms with Crippen LogP contribution >= 0.6 is 0 Å². The molecule has 2 atom stereocenters. The third-order valence-corrected chi connectivity index (χ3v) is 4.33. The van der Waals surface area contributed by atoms with Crippen molar-refractivity contribution in [1.82, 2.24) is 0 Å². The Bertz CT molecular complexity index is 732. The first-order chi connectivity index (χ1) is 12.6. The molecule has 11 heteroatoms. The summed E-state index contributed by atoms with van der Waals surface area (Å²) in [5.74, 6) is 0. The van der Waals surface area contributed by atoms with Crippen LogP contribution < -0.4 is 0 Å². The van der Waals surface area contributed by atoms with E-state index in [0.717, 1.165) is 18.1 Å². The molecule has 27 heavy (non-hydrogen) atoms. The lowest BCUT2D eigenvalue weighted by Crippen LogP contribution is -2.32. The minimum atomic E-state index is -3.75. The number of ether oxygens (including phenoxy) is 3. The summed E-state index contributed by atoms with van der Waals surface area (Å²) in [7, 11) is -6.03. The van der Waals surface area contributed by atoms with E-state index in [9.17, 15) is 16.8 Å². The largest absolute Gasteiger partial charge is 0.374 e. The summed E-state index contributed by atoms with van der Waals surface area (Å²) in [5, 5.41) is 0. The molecule has 0 radical (unpaired) electrons. The molecule has 0 spiro atoms. The average Bonchev–Trinajstić information content (AvgIpc) is 2.56. The van der Waals surface area contributed by atoms with E-state index in [0.29, 0.717) is 0 Å². The first-order valence-electron chi connectivity index (χ1n) is 8.04. The van der Waals surface area contributed by atoms with Crippen LogP contribution in [0.4, 0.5) is 0 Å². The van der Waals surface area contributed by atoms with Gasteiger partial charge in [0.05, 0.1) is 38.4 Å². The fourth-order valence-corrected chi connectivity index (χ4v) is 3.13. The van der Waals surface area contributed by atoms with E-state index in [1.807, 2.05) is 30.3 Å². The molecule has 0 saturated heterocycles. The number of methoxy groups -OCH3 is 1. The zero-order valence-electron chi connectivity index (χ0n) is 15.6. The Balaban J connectivity index is 2.69. The molecule has 1 aromatic rings. The van der Waals surface area contributed by atoms with Crippen molar-refractivity contribution in [2.75, 3.05) is 39.6 Å². The molecule has 1 aromatic carbocycles. The Morgan fingerprint density at radius 2 is 1.59 bits per heavy atom. The summed E-state index contributed by atoms with van der Waals surface area (Å²) < 4.78 is 70.9. The fraction of sp³-hybridized carbons (Fsp3) is 0.625. The van der Waals surface area contributed by atoms with E-state index in [2.05, 4.69) is 0 Å². The molecular weight excluding hydrogens is 400 g/mol. The quantitative estimate of drug-likeness (QED) is 0.316. The third kappa shape index (κ3) is 12.8. The van der Waals surface area contributed by atoms with E-state index in [1.54, 1.807) is 0 Å². The van der Waals surface area contributed by atoms with Crippen molar-refractivity contribution in [3.63, 3.8) is 0 Å². The van der Waals surface area contributed by atoms with Crippen molar-refractivity contribution < 1.29 is 39.4 Å². The monoisotopic (exact) mass is 426 g/mol. The fourth-order valence-electron chi connectivity index (χ4n) is 2.11. The standard InChI is InChI=1S/C16H26O9S2/c1-21-13-23-15(12-24-26(2,17)18)9-16(25-27(3,19)20)11-22-10-14-7-5-4-6-8-14/h4-8,15-16H,9-13H2,1-3H3/t15-,16-/m0/s1. The zero-order valence-corrected chi connectivity index (χ0v) is 17.2. The van der Waals surface area contributed by atoms with E-state index in [1.165, 1.54) is 7.11 Å². The smallest absolute Gasteiger partial charge is 0.264 e. The highest BCUT2D eigenvalue weighted by atomic mass is 32.2. The first kappa shape index (κ1) is 24.0. The Hall–Kier alpha value is -1.08. The van der Waals surface area contributed by atoms with Crippen LogP contribution in [0, 0.1) is 0 Å². The number of benzene rings is 1. The van der Waals surface area contributed by atoms with Crippen molar-refractivity contribution in [2.24, 2.45) is 0 Å². The van der Waals surface area contributed by atoms with E-state index >= 15 is 0 Å². The highest BCUT2D eigenvalue weighted by Crippen LogP contribution is 2.13. The van der Waals surface area contributed by atoms with Gasteiger partial charge in [0.15, 0.2) is 0 Å². The predicted molar refractivity (Wildman–Crippen MR) is 98.0 cm³/mol. The van der Waals surface area contributed by atoms with Crippen molar-refractivity contribution in [3.8, 4) is 0 Å². The van der Waals surface area contributed by atoms with Gasteiger partial charge in [-0.1, -0.05) is 30.3 Å². The van der Waals surface area contributed by atoms with Crippen LogP contribution in [0.15, 0.2) is 30.3 Å². The maximum absolute atomic E-state index is 11.5. The van der Waals surface area contributed by atoms with Crippen molar-refractivity contribution >= 4 is 20.2 Å². The zero-order chi connectivity index (χ0) is 20.3. The second-order valence-electron chi connectivity index (χ2n) is 5.84. The van der Waals surface area contributed by atoms with Crippen LogP contribution in [-0.2, 0) is 49.4 Å². The normalized spacial score (nSPS) is 14.8. The molecule has 9 nitrogen and oxygen atoms in total. The van der Waals surface area contributed by atoms with Gasteiger partial charge >= 0.3 is 0 Å². The maximum atomic E-state index is 11.5. The summed E-state index contributed by atoms with van der Waals surface area (Å²) in [5.41, 5.74) is 0.920. The molecule has 0 amide bonds. The molecule has 0 bridgehead atoms. The summed E-state index contributed by atoms with van der Waals surface area (Å²) in [6.45, 7) is -0.180. The molecule has 1 rings (SSSR count). The second kappa shape index (κ2) is 11.7. The van der Waals surface area contributed by atoms with Gasteiger partial charge in [-0.2, -0.15) is 16.8 Å². The van der Waals surface area contributed by atoms with Gasteiger partial charge in [-0.15, -0.1) is 0 Å². The van der Waals surface area contributed by atoms with Crippen LogP contribution in [0.1, 0.15) is 12.0 Å². The lowest BCUT2D eigenvalue weighted by atomic mass is 10.2. The Labute approximate surface area is 160 Å². The van der Waals surface area contributed by atoms with Crippen LogP contribution in [0.2, 0.25) is 0 Å². The average molecular weight is 427 g/mol. The summed E-state index contributed by atoms with van der Waals surface area (Å²) in [6.07, 6.45) is 0.213.